The summed E-state index contributed by atoms with van der Waals surface area (Å²) in [6.45, 7) is 2.04. The van der Waals surface area contributed by atoms with Gasteiger partial charge in [-0.1, -0.05) is 30.3 Å². The number of rotatable bonds is 5. The number of aromatic nitrogens is 2. The molecule has 0 saturated heterocycles. The molecule has 140 valence electrons. The average Bonchev–Trinajstić information content (AvgIpc) is 3.11. The van der Waals surface area contributed by atoms with Crippen molar-refractivity contribution in [3.05, 3.63) is 78.1 Å². The molecule has 0 aliphatic rings. The molecule has 0 radical (unpaired) electrons. The zero-order chi connectivity index (χ0) is 19.7. The fourth-order valence-corrected chi connectivity index (χ4v) is 3.36. The van der Waals surface area contributed by atoms with Crippen molar-refractivity contribution in [1.29, 1.82) is 0 Å². The molecule has 0 aliphatic heterocycles. The Labute approximate surface area is 181 Å². The summed E-state index contributed by atoms with van der Waals surface area (Å²) in [5, 5.41) is 10.7. The van der Waals surface area contributed by atoms with E-state index >= 15 is 0 Å². The van der Waals surface area contributed by atoms with Crippen LogP contribution in [0.25, 0.3) is 27.8 Å². The SMILES string of the molecule is COc1cc(C)ccc1-c1ccc2c(c1)ncn2-c1ccc(CC(=O)[O-])cc1.[Li+]. The van der Waals surface area contributed by atoms with E-state index < -0.39 is 5.97 Å². The van der Waals surface area contributed by atoms with Crippen molar-refractivity contribution in [3.63, 3.8) is 0 Å². The number of benzene rings is 3. The number of aryl methyl sites for hydroxylation is 1. The van der Waals surface area contributed by atoms with E-state index in [1.54, 1.807) is 25.6 Å². The monoisotopic (exact) mass is 378 g/mol. The second-order valence-corrected chi connectivity index (χ2v) is 6.74. The van der Waals surface area contributed by atoms with Crippen LogP contribution < -0.4 is 28.7 Å². The summed E-state index contributed by atoms with van der Waals surface area (Å²) in [7, 11) is 1.68. The van der Waals surface area contributed by atoms with Crippen LogP contribution in [-0.2, 0) is 11.2 Å². The summed E-state index contributed by atoms with van der Waals surface area (Å²) in [6, 6.07) is 19.6. The van der Waals surface area contributed by atoms with E-state index in [4.69, 9.17) is 4.74 Å². The Morgan fingerprint density at radius 3 is 2.52 bits per heavy atom. The Morgan fingerprint density at radius 2 is 1.83 bits per heavy atom. The van der Waals surface area contributed by atoms with Gasteiger partial charge in [-0.25, -0.2) is 4.98 Å². The number of nitrogens with zero attached hydrogens (tertiary/aromatic N) is 2. The molecule has 0 spiro atoms. The minimum absolute atomic E-state index is 0. The van der Waals surface area contributed by atoms with Gasteiger partial charge in [0.05, 0.1) is 18.1 Å². The number of hydrogen-bond acceptors (Lipinski definition) is 4. The molecule has 4 rings (SSSR count). The zero-order valence-electron chi connectivity index (χ0n) is 16.7. The molecule has 0 fully saturated rings. The summed E-state index contributed by atoms with van der Waals surface area (Å²) >= 11 is 0. The second kappa shape index (κ2) is 8.56. The van der Waals surface area contributed by atoms with Gasteiger partial charge in [0.1, 0.15) is 12.1 Å². The van der Waals surface area contributed by atoms with Crippen LogP contribution in [0.15, 0.2) is 67.0 Å². The molecule has 4 aromatic rings. The van der Waals surface area contributed by atoms with Crippen LogP contribution in [0.5, 0.6) is 5.75 Å². The Kier molecular flexibility index (Phi) is 6.12. The van der Waals surface area contributed by atoms with Crippen molar-refractivity contribution >= 4 is 17.0 Å². The number of ether oxygens (including phenoxy) is 1. The molecule has 0 atom stereocenters. The Balaban J connectivity index is 0.00000240. The van der Waals surface area contributed by atoms with Gasteiger partial charge in [-0.05, 0) is 53.9 Å². The second-order valence-electron chi connectivity index (χ2n) is 6.74. The molecule has 1 aromatic heterocycles. The van der Waals surface area contributed by atoms with Crippen molar-refractivity contribution in [2.24, 2.45) is 0 Å². The Bertz CT molecular complexity index is 1170. The number of hydrogen-bond donors (Lipinski definition) is 0. The van der Waals surface area contributed by atoms with Crippen molar-refractivity contribution in [1.82, 2.24) is 9.55 Å². The molecule has 0 amide bonds. The predicted molar refractivity (Wildman–Crippen MR) is 107 cm³/mol. The zero-order valence-corrected chi connectivity index (χ0v) is 16.7. The molecule has 0 bridgehead atoms. The topological polar surface area (TPSA) is 67.2 Å². The first kappa shape index (κ1) is 20.7. The van der Waals surface area contributed by atoms with Crippen LogP contribution in [0, 0.1) is 6.92 Å². The number of carbonyl (C=O) groups excluding carboxylic acids is 1. The molecule has 0 N–H and O–H groups in total. The van der Waals surface area contributed by atoms with Crippen LogP contribution >= 0.6 is 0 Å². The van der Waals surface area contributed by atoms with Gasteiger partial charge in [0.25, 0.3) is 0 Å². The average molecular weight is 378 g/mol. The van der Waals surface area contributed by atoms with Crippen LogP contribution in [0.2, 0.25) is 0 Å². The number of carboxylic acid groups (broad SMARTS) is 1. The normalized spacial score (nSPS) is 10.6. The molecule has 1 heterocycles. The van der Waals surface area contributed by atoms with Gasteiger partial charge in [-0.15, -0.1) is 0 Å². The number of carbonyl (C=O) groups is 1. The third-order valence-electron chi connectivity index (χ3n) is 4.78. The van der Waals surface area contributed by atoms with Crippen LogP contribution in [0.4, 0.5) is 0 Å². The van der Waals surface area contributed by atoms with Gasteiger partial charge in [0, 0.05) is 23.6 Å². The van der Waals surface area contributed by atoms with E-state index in [-0.39, 0.29) is 25.3 Å². The minimum atomic E-state index is -1.08. The first-order valence-corrected chi connectivity index (χ1v) is 8.96. The van der Waals surface area contributed by atoms with E-state index in [0.717, 1.165) is 39.2 Å². The van der Waals surface area contributed by atoms with E-state index in [1.807, 2.05) is 41.8 Å². The van der Waals surface area contributed by atoms with Gasteiger partial charge < -0.3 is 14.6 Å². The molecule has 6 heteroatoms. The third kappa shape index (κ3) is 4.22. The van der Waals surface area contributed by atoms with Crippen molar-refractivity contribution in [3.8, 4) is 22.6 Å². The molecule has 5 nitrogen and oxygen atoms in total. The van der Waals surface area contributed by atoms with E-state index in [9.17, 15) is 9.90 Å². The van der Waals surface area contributed by atoms with Gasteiger partial charge in [-0.3, -0.25) is 4.57 Å². The van der Waals surface area contributed by atoms with Gasteiger partial charge >= 0.3 is 18.9 Å². The van der Waals surface area contributed by atoms with E-state index in [1.165, 1.54) is 0 Å². The molecular formula is C23H19LiN2O3. The van der Waals surface area contributed by atoms with Gasteiger partial charge in [0.15, 0.2) is 0 Å². The maximum absolute atomic E-state index is 10.7. The van der Waals surface area contributed by atoms with Gasteiger partial charge in [-0.2, -0.15) is 0 Å². The fourth-order valence-electron chi connectivity index (χ4n) is 3.36. The smallest absolute Gasteiger partial charge is 0.550 e. The van der Waals surface area contributed by atoms with Crippen LogP contribution in [0.1, 0.15) is 11.1 Å². The molecule has 0 saturated carbocycles. The first-order valence-electron chi connectivity index (χ1n) is 8.96. The van der Waals surface area contributed by atoms with Gasteiger partial charge in [0.2, 0.25) is 0 Å². The summed E-state index contributed by atoms with van der Waals surface area (Å²) in [5.74, 6) is -0.248. The predicted octanol–water partition coefficient (Wildman–Crippen LogP) is 0.306. The quantitative estimate of drug-likeness (QED) is 0.469. The molecule has 29 heavy (non-hydrogen) atoms. The molecule has 3 aromatic carbocycles. The Hall–Kier alpha value is -3.00. The molecule has 0 unspecified atom stereocenters. The largest absolute Gasteiger partial charge is 1.00 e. The van der Waals surface area contributed by atoms with Crippen molar-refractivity contribution in [2.45, 2.75) is 13.3 Å². The number of aliphatic carboxylic acids is 1. The summed E-state index contributed by atoms with van der Waals surface area (Å²) < 4.78 is 7.51. The summed E-state index contributed by atoms with van der Waals surface area (Å²) in [6.07, 6.45) is 1.68. The number of fused-ring (bicyclic) bond motifs is 1. The number of imidazole rings is 1. The van der Waals surface area contributed by atoms with Crippen molar-refractivity contribution in [2.75, 3.05) is 7.11 Å². The number of carboxylic acids is 1. The molecule has 0 aliphatic carbocycles. The maximum atomic E-state index is 10.7. The first-order chi connectivity index (χ1) is 13.5. The maximum Gasteiger partial charge on any atom is 1.00 e. The summed E-state index contributed by atoms with van der Waals surface area (Å²) in [5.41, 5.74) is 6.69. The van der Waals surface area contributed by atoms with Crippen molar-refractivity contribution < 1.29 is 33.5 Å². The van der Waals surface area contributed by atoms with Crippen LogP contribution in [-0.4, -0.2) is 22.6 Å². The Morgan fingerprint density at radius 1 is 1.07 bits per heavy atom. The minimum Gasteiger partial charge on any atom is -0.550 e. The fraction of sp³-hybridized carbons (Fsp3) is 0.130. The standard InChI is InChI=1S/C23H20N2O3.Li/c1-15-3-9-19(22(11-15)28-2)17-6-10-21-20(13-17)24-14-25(21)18-7-4-16(5-8-18)12-23(26)27;/h3-11,13-14H,12H2,1-2H3,(H,26,27);/q;+1/p-1. The van der Waals surface area contributed by atoms with E-state index in [2.05, 4.69) is 23.2 Å². The summed E-state index contributed by atoms with van der Waals surface area (Å²) in [4.78, 5) is 15.3. The van der Waals surface area contributed by atoms with E-state index in [0.29, 0.717) is 5.56 Å². The third-order valence-corrected chi connectivity index (χ3v) is 4.78. The van der Waals surface area contributed by atoms with Crippen LogP contribution in [0.3, 0.4) is 0 Å². The molecular weight excluding hydrogens is 359 g/mol. The number of methoxy groups -OCH3 is 1.